The number of carbonyl (C=O) groups is 1. The number of fused-ring (bicyclic) bond motifs is 3. The van der Waals surface area contributed by atoms with Gasteiger partial charge < -0.3 is 15.5 Å². The second-order valence-electron chi connectivity index (χ2n) is 9.35. The van der Waals surface area contributed by atoms with E-state index in [9.17, 15) is 4.79 Å². The molecule has 2 aliphatic carbocycles. The Balaban J connectivity index is 1.12. The molecule has 0 spiro atoms. The van der Waals surface area contributed by atoms with E-state index in [2.05, 4.69) is 82.3 Å². The van der Waals surface area contributed by atoms with Crippen LogP contribution in [0.3, 0.4) is 0 Å². The lowest BCUT2D eigenvalue weighted by molar-refractivity contribution is -0.117. The van der Waals surface area contributed by atoms with Gasteiger partial charge in [0, 0.05) is 36.4 Å². The predicted molar refractivity (Wildman–Crippen MR) is 130 cm³/mol. The van der Waals surface area contributed by atoms with Crippen molar-refractivity contribution in [1.82, 2.24) is 5.32 Å². The monoisotopic (exact) mass is 423 g/mol. The summed E-state index contributed by atoms with van der Waals surface area (Å²) in [4.78, 5) is 14.6. The molecular weight excluding hydrogens is 394 g/mol. The molecule has 0 radical (unpaired) electrons. The van der Waals surface area contributed by atoms with Crippen LogP contribution in [0, 0.1) is 5.92 Å². The molecule has 0 bridgehead atoms. The van der Waals surface area contributed by atoms with Crippen LogP contribution < -0.4 is 15.5 Å². The minimum Gasteiger partial charge on any atom is -0.371 e. The highest BCUT2D eigenvalue weighted by Crippen LogP contribution is 2.43. The van der Waals surface area contributed by atoms with Crippen LogP contribution in [0.15, 0.2) is 72.8 Å². The van der Waals surface area contributed by atoms with Crippen molar-refractivity contribution >= 4 is 17.3 Å². The summed E-state index contributed by atoms with van der Waals surface area (Å²) in [6.07, 6.45) is 4.28. The zero-order valence-corrected chi connectivity index (χ0v) is 18.3. The zero-order valence-electron chi connectivity index (χ0n) is 18.3. The topological polar surface area (TPSA) is 44.4 Å². The van der Waals surface area contributed by atoms with E-state index in [0.717, 1.165) is 44.5 Å². The van der Waals surface area contributed by atoms with Crippen molar-refractivity contribution < 1.29 is 4.79 Å². The van der Waals surface area contributed by atoms with Crippen molar-refractivity contribution in [2.24, 2.45) is 5.92 Å². The van der Waals surface area contributed by atoms with E-state index >= 15 is 0 Å². The van der Waals surface area contributed by atoms with Crippen LogP contribution in [0.25, 0.3) is 11.1 Å². The van der Waals surface area contributed by atoms with Crippen molar-refractivity contribution in [2.75, 3.05) is 23.3 Å². The quantitative estimate of drug-likeness (QED) is 0.580. The van der Waals surface area contributed by atoms with Crippen molar-refractivity contribution in [3.8, 4) is 11.1 Å². The van der Waals surface area contributed by atoms with Gasteiger partial charge in [-0.05, 0) is 66.1 Å². The van der Waals surface area contributed by atoms with Gasteiger partial charge >= 0.3 is 0 Å². The molecule has 1 aliphatic heterocycles. The van der Waals surface area contributed by atoms with Crippen LogP contribution in [-0.2, 0) is 4.79 Å². The first-order valence-corrected chi connectivity index (χ1v) is 11.9. The number of carbonyl (C=O) groups excluding carboxylic acids is 1. The Morgan fingerprint density at radius 1 is 0.781 bits per heavy atom. The Labute approximate surface area is 189 Å². The minimum absolute atomic E-state index is 0.169. The average Bonchev–Trinajstić information content (AvgIpc) is 3.65. The summed E-state index contributed by atoms with van der Waals surface area (Å²) in [5.74, 6) is 0.397. The van der Waals surface area contributed by atoms with Gasteiger partial charge in [-0.25, -0.2) is 0 Å². The van der Waals surface area contributed by atoms with Gasteiger partial charge in [0.15, 0.2) is 0 Å². The van der Waals surface area contributed by atoms with Crippen molar-refractivity contribution in [3.63, 3.8) is 0 Å². The van der Waals surface area contributed by atoms with Crippen molar-refractivity contribution in [3.05, 3.63) is 83.9 Å². The first-order chi connectivity index (χ1) is 15.8. The van der Waals surface area contributed by atoms with Gasteiger partial charge in [0.25, 0.3) is 0 Å². The molecule has 3 aliphatic rings. The molecule has 1 saturated carbocycles. The third kappa shape index (κ3) is 3.69. The molecule has 32 heavy (non-hydrogen) atoms. The maximum atomic E-state index is 12.1. The first-order valence-electron chi connectivity index (χ1n) is 11.9. The second-order valence-corrected chi connectivity index (χ2v) is 9.35. The Kier molecular flexibility index (Phi) is 4.95. The van der Waals surface area contributed by atoms with E-state index in [1.54, 1.807) is 0 Å². The molecule has 3 aromatic carbocycles. The maximum Gasteiger partial charge on any atom is 0.227 e. The zero-order chi connectivity index (χ0) is 21.5. The highest BCUT2D eigenvalue weighted by molar-refractivity contribution is 5.94. The molecule has 1 heterocycles. The molecule has 0 unspecified atom stereocenters. The van der Waals surface area contributed by atoms with Crippen LogP contribution >= 0.6 is 0 Å². The number of nitrogens with zero attached hydrogens (tertiary/aromatic N) is 1. The number of piperidine rings is 1. The Bertz CT molecular complexity index is 1100. The summed E-state index contributed by atoms with van der Waals surface area (Å²) in [6.45, 7) is 2.04. The van der Waals surface area contributed by atoms with Gasteiger partial charge in [-0.15, -0.1) is 0 Å². The summed E-state index contributed by atoms with van der Waals surface area (Å²) in [5, 5.41) is 7.06. The fraction of sp³-hybridized carbons (Fsp3) is 0.321. The van der Waals surface area contributed by atoms with Gasteiger partial charge in [-0.1, -0.05) is 54.6 Å². The normalized spacial score (nSPS) is 18.3. The van der Waals surface area contributed by atoms with E-state index in [0.29, 0.717) is 6.04 Å². The number of hydrogen-bond donors (Lipinski definition) is 2. The van der Waals surface area contributed by atoms with Crippen LogP contribution in [-0.4, -0.2) is 25.0 Å². The molecule has 6 rings (SSSR count). The maximum absolute atomic E-state index is 12.1. The van der Waals surface area contributed by atoms with Gasteiger partial charge in [0.1, 0.15) is 0 Å². The summed E-state index contributed by atoms with van der Waals surface area (Å²) >= 11 is 0. The highest BCUT2D eigenvalue weighted by atomic mass is 16.2. The SMILES string of the molecule is O=C(Nc1cccc(N2CCC(NC3c4ccccc4-c4ccccc43)CC2)c1)C1CC1. The molecule has 0 atom stereocenters. The molecule has 2 N–H and O–H groups in total. The van der Waals surface area contributed by atoms with Gasteiger partial charge in [-0.2, -0.15) is 0 Å². The molecule has 1 saturated heterocycles. The first kappa shape index (κ1) is 19.6. The van der Waals surface area contributed by atoms with Crippen LogP contribution in [0.5, 0.6) is 0 Å². The molecule has 1 amide bonds. The van der Waals surface area contributed by atoms with Gasteiger partial charge in [0.05, 0.1) is 6.04 Å². The van der Waals surface area contributed by atoms with Crippen molar-refractivity contribution in [1.29, 1.82) is 0 Å². The summed E-state index contributed by atoms with van der Waals surface area (Å²) in [7, 11) is 0. The molecular formula is C28H29N3O. The summed E-state index contributed by atoms with van der Waals surface area (Å²) < 4.78 is 0. The standard InChI is InChI=1S/C28H29N3O/c32-28(19-12-13-19)30-21-6-5-7-22(18-21)31-16-14-20(15-17-31)29-27-25-10-3-1-8-23(25)24-9-2-4-11-26(24)27/h1-11,18-20,27,29H,12-17H2,(H,30,32). The molecule has 0 aromatic heterocycles. The lowest BCUT2D eigenvalue weighted by Crippen LogP contribution is -2.43. The molecule has 162 valence electrons. The van der Waals surface area contributed by atoms with Gasteiger partial charge in [-0.3, -0.25) is 4.79 Å². The average molecular weight is 424 g/mol. The van der Waals surface area contributed by atoms with Crippen LogP contribution in [0.1, 0.15) is 42.9 Å². The lowest BCUT2D eigenvalue weighted by atomic mass is 9.99. The van der Waals surface area contributed by atoms with E-state index in [1.165, 1.54) is 27.9 Å². The highest BCUT2D eigenvalue weighted by Gasteiger charge is 2.31. The lowest BCUT2D eigenvalue weighted by Gasteiger charge is -2.35. The number of rotatable bonds is 5. The van der Waals surface area contributed by atoms with E-state index in [-0.39, 0.29) is 17.9 Å². The summed E-state index contributed by atoms with van der Waals surface area (Å²) in [5.41, 5.74) is 7.64. The number of hydrogen-bond acceptors (Lipinski definition) is 3. The molecule has 2 fully saturated rings. The van der Waals surface area contributed by atoms with Crippen LogP contribution in [0.2, 0.25) is 0 Å². The fourth-order valence-corrected chi connectivity index (χ4v) is 5.25. The molecule has 4 nitrogen and oxygen atoms in total. The predicted octanol–water partition coefficient (Wildman–Crippen LogP) is 5.36. The number of benzene rings is 3. The molecule has 3 aromatic rings. The Morgan fingerprint density at radius 2 is 1.44 bits per heavy atom. The Morgan fingerprint density at radius 3 is 2.09 bits per heavy atom. The van der Waals surface area contributed by atoms with Crippen molar-refractivity contribution in [2.45, 2.75) is 37.8 Å². The third-order valence-corrected chi connectivity index (χ3v) is 7.16. The largest absolute Gasteiger partial charge is 0.371 e. The smallest absolute Gasteiger partial charge is 0.227 e. The minimum atomic E-state index is 0.169. The van der Waals surface area contributed by atoms with Gasteiger partial charge in [0.2, 0.25) is 5.91 Å². The van der Waals surface area contributed by atoms with E-state index in [4.69, 9.17) is 0 Å². The second kappa shape index (κ2) is 8.10. The fourth-order valence-electron chi connectivity index (χ4n) is 5.25. The summed E-state index contributed by atoms with van der Waals surface area (Å²) in [6, 6.07) is 26.7. The number of nitrogens with one attached hydrogen (secondary N) is 2. The Hall–Kier alpha value is -3.11. The molecule has 4 heteroatoms. The third-order valence-electron chi connectivity index (χ3n) is 7.16. The number of anilines is 2. The van der Waals surface area contributed by atoms with E-state index in [1.807, 2.05) is 6.07 Å². The van der Waals surface area contributed by atoms with E-state index < -0.39 is 0 Å². The van der Waals surface area contributed by atoms with Crippen LogP contribution in [0.4, 0.5) is 11.4 Å². The number of amides is 1.